The van der Waals surface area contributed by atoms with E-state index in [2.05, 4.69) is 6.92 Å². The van der Waals surface area contributed by atoms with Crippen molar-refractivity contribution in [3.63, 3.8) is 0 Å². The van der Waals surface area contributed by atoms with Crippen LogP contribution in [0.4, 0.5) is 0 Å². The second-order valence-corrected chi connectivity index (χ2v) is 5.68. The van der Waals surface area contributed by atoms with Crippen LogP contribution >= 0.6 is 11.8 Å². The third kappa shape index (κ3) is 4.30. The Bertz CT molecular complexity index is 307. The van der Waals surface area contributed by atoms with E-state index in [0.29, 0.717) is 12.3 Å². The third-order valence-corrected chi connectivity index (χ3v) is 4.08. The maximum atomic E-state index is 11.7. The van der Waals surface area contributed by atoms with E-state index in [1.165, 1.54) is 7.11 Å². The van der Waals surface area contributed by atoms with Crippen molar-refractivity contribution in [1.82, 2.24) is 4.90 Å². The second kappa shape index (κ2) is 7.81. The molecule has 0 radical (unpaired) electrons. The zero-order valence-corrected chi connectivity index (χ0v) is 12.2. The van der Waals surface area contributed by atoms with Crippen LogP contribution in [0.5, 0.6) is 0 Å². The van der Waals surface area contributed by atoms with Gasteiger partial charge in [-0.1, -0.05) is 18.9 Å². The van der Waals surface area contributed by atoms with Crippen molar-refractivity contribution in [2.75, 3.05) is 25.2 Å². The average molecular weight is 273 g/mol. The van der Waals surface area contributed by atoms with Crippen molar-refractivity contribution in [3.8, 4) is 0 Å². The number of hydrogen-bond donors (Lipinski definition) is 1. The molecule has 18 heavy (non-hydrogen) atoms. The number of aliphatic hydroxyl groups is 1. The predicted molar refractivity (Wildman–Crippen MR) is 74.5 cm³/mol. The topological polar surface area (TPSA) is 49.8 Å². The van der Waals surface area contributed by atoms with Crippen LogP contribution in [-0.2, 0) is 9.53 Å². The second-order valence-electron chi connectivity index (χ2n) is 4.53. The lowest BCUT2D eigenvalue weighted by Crippen LogP contribution is -2.52. The van der Waals surface area contributed by atoms with Crippen molar-refractivity contribution in [2.45, 2.75) is 39.0 Å². The Labute approximate surface area is 113 Å². The zero-order chi connectivity index (χ0) is 13.5. The molecule has 1 fully saturated rings. The van der Waals surface area contributed by atoms with Gasteiger partial charge in [-0.25, -0.2) is 0 Å². The summed E-state index contributed by atoms with van der Waals surface area (Å²) in [6.07, 6.45) is 3.19. The van der Waals surface area contributed by atoms with Gasteiger partial charge in [0.2, 0.25) is 0 Å². The molecule has 0 saturated carbocycles. The van der Waals surface area contributed by atoms with E-state index in [9.17, 15) is 9.90 Å². The molecule has 1 aliphatic heterocycles. The predicted octanol–water partition coefficient (Wildman–Crippen LogP) is 1.64. The standard InChI is InChI=1S/C13H23NO3S/c1-4-5-10(2)8-12(15)14-6-7-18-9-11(14)13(16)17-3/h8,11-12,15H,4-7,9H2,1-3H3/b10-8+. The normalized spacial score (nSPS) is 23.8. The average Bonchev–Trinajstić information content (AvgIpc) is 2.38. The van der Waals surface area contributed by atoms with Crippen LogP contribution in [0.3, 0.4) is 0 Å². The molecule has 1 heterocycles. The molecule has 2 unspecified atom stereocenters. The van der Waals surface area contributed by atoms with Crippen LogP contribution in [0, 0.1) is 0 Å². The molecule has 1 rings (SSSR count). The van der Waals surface area contributed by atoms with E-state index in [1.54, 1.807) is 11.8 Å². The number of carbonyl (C=O) groups is 1. The summed E-state index contributed by atoms with van der Waals surface area (Å²) in [7, 11) is 1.39. The number of thioether (sulfide) groups is 1. The maximum Gasteiger partial charge on any atom is 0.324 e. The number of rotatable bonds is 5. The van der Waals surface area contributed by atoms with Gasteiger partial charge in [-0.15, -0.1) is 0 Å². The quantitative estimate of drug-likeness (QED) is 0.609. The van der Waals surface area contributed by atoms with Crippen molar-refractivity contribution in [2.24, 2.45) is 0 Å². The summed E-state index contributed by atoms with van der Waals surface area (Å²) in [5.74, 6) is 1.36. The Balaban J connectivity index is 2.70. The zero-order valence-electron chi connectivity index (χ0n) is 11.4. The highest BCUT2D eigenvalue weighted by Gasteiger charge is 2.33. The fraction of sp³-hybridized carbons (Fsp3) is 0.769. The molecular formula is C13H23NO3S. The van der Waals surface area contributed by atoms with Gasteiger partial charge in [-0.05, 0) is 19.4 Å². The van der Waals surface area contributed by atoms with Gasteiger partial charge < -0.3 is 9.84 Å². The minimum absolute atomic E-state index is 0.261. The summed E-state index contributed by atoms with van der Waals surface area (Å²) < 4.78 is 4.80. The first-order valence-corrected chi connectivity index (χ1v) is 7.52. The molecule has 0 aromatic carbocycles. The molecule has 0 spiro atoms. The summed E-state index contributed by atoms with van der Waals surface area (Å²) in [5, 5.41) is 10.2. The maximum absolute atomic E-state index is 11.7. The fourth-order valence-corrected chi connectivity index (χ4v) is 3.16. The third-order valence-electron chi connectivity index (χ3n) is 3.06. The van der Waals surface area contributed by atoms with Crippen LogP contribution in [0.15, 0.2) is 11.6 Å². The van der Waals surface area contributed by atoms with E-state index < -0.39 is 6.23 Å². The van der Waals surface area contributed by atoms with Gasteiger partial charge in [0.1, 0.15) is 12.3 Å². The van der Waals surface area contributed by atoms with Crippen LogP contribution < -0.4 is 0 Å². The smallest absolute Gasteiger partial charge is 0.324 e. The molecule has 0 aliphatic carbocycles. The van der Waals surface area contributed by atoms with E-state index in [-0.39, 0.29) is 12.0 Å². The Morgan fingerprint density at radius 2 is 2.39 bits per heavy atom. The lowest BCUT2D eigenvalue weighted by atomic mass is 10.1. The number of allylic oxidation sites excluding steroid dienone is 1. The first kappa shape index (κ1) is 15.5. The van der Waals surface area contributed by atoms with E-state index in [0.717, 1.165) is 24.2 Å². The van der Waals surface area contributed by atoms with Gasteiger partial charge >= 0.3 is 5.97 Å². The highest BCUT2D eigenvalue weighted by Crippen LogP contribution is 2.20. The molecule has 1 saturated heterocycles. The summed E-state index contributed by atoms with van der Waals surface area (Å²) in [5.41, 5.74) is 1.16. The number of hydrogen-bond acceptors (Lipinski definition) is 5. The largest absolute Gasteiger partial charge is 0.468 e. The van der Waals surface area contributed by atoms with Crippen LogP contribution in [0.25, 0.3) is 0 Å². The van der Waals surface area contributed by atoms with Gasteiger partial charge in [0, 0.05) is 18.1 Å². The first-order chi connectivity index (χ1) is 8.60. The molecule has 1 aliphatic rings. The van der Waals surface area contributed by atoms with Gasteiger partial charge in [-0.2, -0.15) is 11.8 Å². The van der Waals surface area contributed by atoms with Gasteiger partial charge in [-0.3, -0.25) is 9.69 Å². The summed E-state index contributed by atoms with van der Waals surface area (Å²) >= 11 is 1.72. The molecule has 1 N–H and O–H groups in total. The summed E-state index contributed by atoms with van der Waals surface area (Å²) in [6.45, 7) is 4.83. The minimum atomic E-state index is -0.693. The molecule has 0 amide bonds. The lowest BCUT2D eigenvalue weighted by molar-refractivity contribution is -0.149. The van der Waals surface area contributed by atoms with Gasteiger partial charge in [0.25, 0.3) is 0 Å². The molecule has 2 atom stereocenters. The Hall–Kier alpha value is -0.520. The van der Waals surface area contributed by atoms with E-state index in [4.69, 9.17) is 4.74 Å². The Morgan fingerprint density at radius 3 is 3.00 bits per heavy atom. The molecule has 0 aromatic heterocycles. The molecule has 0 aromatic rings. The number of nitrogens with zero attached hydrogens (tertiary/aromatic N) is 1. The van der Waals surface area contributed by atoms with Crippen LogP contribution in [0.1, 0.15) is 26.7 Å². The lowest BCUT2D eigenvalue weighted by Gasteiger charge is -2.35. The summed E-state index contributed by atoms with van der Waals surface area (Å²) in [6, 6.07) is -0.338. The van der Waals surface area contributed by atoms with Crippen molar-refractivity contribution < 1.29 is 14.6 Å². The SMILES string of the molecule is CCC/C(C)=C/C(O)N1CCSCC1C(=O)OC. The number of carbonyl (C=O) groups excluding carboxylic acids is 1. The Morgan fingerprint density at radius 1 is 1.67 bits per heavy atom. The van der Waals surface area contributed by atoms with E-state index in [1.807, 2.05) is 17.9 Å². The molecular weight excluding hydrogens is 250 g/mol. The first-order valence-electron chi connectivity index (χ1n) is 6.36. The van der Waals surface area contributed by atoms with Gasteiger partial charge in [0.05, 0.1) is 7.11 Å². The molecule has 104 valence electrons. The number of esters is 1. The molecule has 0 bridgehead atoms. The molecule has 4 nitrogen and oxygen atoms in total. The van der Waals surface area contributed by atoms with Crippen LogP contribution in [-0.4, -0.2) is 53.4 Å². The van der Waals surface area contributed by atoms with E-state index >= 15 is 0 Å². The monoisotopic (exact) mass is 273 g/mol. The number of aliphatic hydroxyl groups excluding tert-OH is 1. The highest BCUT2D eigenvalue weighted by atomic mass is 32.2. The minimum Gasteiger partial charge on any atom is -0.468 e. The van der Waals surface area contributed by atoms with Crippen molar-refractivity contribution in [1.29, 1.82) is 0 Å². The number of ether oxygens (including phenoxy) is 1. The summed E-state index contributed by atoms with van der Waals surface area (Å²) in [4.78, 5) is 13.5. The van der Waals surface area contributed by atoms with Crippen LogP contribution in [0.2, 0.25) is 0 Å². The number of methoxy groups -OCH3 is 1. The fourth-order valence-electron chi connectivity index (χ4n) is 2.10. The van der Waals surface area contributed by atoms with Crippen molar-refractivity contribution in [3.05, 3.63) is 11.6 Å². The highest BCUT2D eigenvalue weighted by molar-refractivity contribution is 7.99. The molecule has 5 heteroatoms. The Kier molecular flexibility index (Phi) is 6.75. The van der Waals surface area contributed by atoms with Crippen molar-refractivity contribution >= 4 is 17.7 Å². The van der Waals surface area contributed by atoms with Gasteiger partial charge in [0.15, 0.2) is 0 Å².